The van der Waals surface area contributed by atoms with Crippen LogP contribution >= 0.6 is 11.3 Å². The molecule has 1 aliphatic rings. The number of benzene rings is 1. The molecule has 0 unspecified atom stereocenters. The maximum Gasteiger partial charge on any atom is 0.238 e. The van der Waals surface area contributed by atoms with Crippen LogP contribution in [0.25, 0.3) is 0 Å². The van der Waals surface area contributed by atoms with Gasteiger partial charge in [-0.2, -0.15) is 5.26 Å². The largest absolute Gasteiger partial charge is 0.325 e. The second kappa shape index (κ2) is 10.6. The molecule has 1 heterocycles. The predicted molar refractivity (Wildman–Crippen MR) is 126 cm³/mol. The molecule has 164 valence electrons. The molecule has 6 nitrogen and oxygen atoms in total. The van der Waals surface area contributed by atoms with Crippen molar-refractivity contribution in [3.05, 3.63) is 45.3 Å². The summed E-state index contributed by atoms with van der Waals surface area (Å²) in [6.07, 6.45) is 5.60. The molecule has 1 aliphatic carbocycles. The first-order valence-corrected chi connectivity index (χ1v) is 11.6. The second-order valence-corrected chi connectivity index (χ2v) is 9.32. The third-order valence-electron chi connectivity index (χ3n) is 5.80. The van der Waals surface area contributed by atoms with Crippen LogP contribution in [0, 0.1) is 25.2 Å². The zero-order valence-corrected chi connectivity index (χ0v) is 19.3. The maximum atomic E-state index is 12.5. The smallest absolute Gasteiger partial charge is 0.238 e. The topological polar surface area (TPSA) is 85.2 Å². The fourth-order valence-corrected chi connectivity index (χ4v) is 5.09. The Bertz CT molecular complexity index is 1010. The quantitative estimate of drug-likeness (QED) is 0.627. The molecule has 0 radical (unpaired) electrons. The molecule has 31 heavy (non-hydrogen) atoms. The van der Waals surface area contributed by atoms with E-state index in [1.165, 1.54) is 11.3 Å². The predicted octanol–water partition coefficient (Wildman–Crippen LogP) is 4.40. The van der Waals surface area contributed by atoms with Crippen LogP contribution in [-0.4, -0.2) is 36.9 Å². The summed E-state index contributed by atoms with van der Waals surface area (Å²) in [7, 11) is 1.82. The molecule has 7 heteroatoms. The Balaban J connectivity index is 1.50. The van der Waals surface area contributed by atoms with Crippen molar-refractivity contribution in [1.82, 2.24) is 4.90 Å². The third-order valence-corrected chi connectivity index (χ3v) is 7.01. The number of hydrogen-bond acceptors (Lipinski definition) is 5. The molecule has 0 saturated heterocycles. The fraction of sp³-hybridized carbons (Fsp3) is 0.458. The monoisotopic (exact) mass is 438 g/mol. The zero-order valence-electron chi connectivity index (χ0n) is 18.5. The van der Waals surface area contributed by atoms with E-state index in [2.05, 4.69) is 16.7 Å². The Morgan fingerprint density at radius 1 is 1.13 bits per heavy atom. The Hall–Kier alpha value is -2.69. The number of hydrogen-bond donors (Lipinski definition) is 2. The van der Waals surface area contributed by atoms with Crippen molar-refractivity contribution in [1.29, 1.82) is 5.26 Å². The Kier molecular flexibility index (Phi) is 7.83. The van der Waals surface area contributed by atoms with Crippen LogP contribution in [-0.2, 0) is 22.4 Å². The van der Waals surface area contributed by atoms with E-state index in [-0.39, 0.29) is 24.8 Å². The van der Waals surface area contributed by atoms with Gasteiger partial charge >= 0.3 is 0 Å². The molecule has 1 aromatic carbocycles. The lowest BCUT2D eigenvalue weighted by molar-refractivity contribution is -0.119. The van der Waals surface area contributed by atoms with E-state index in [1.807, 2.05) is 44.0 Å². The van der Waals surface area contributed by atoms with Crippen molar-refractivity contribution in [3.63, 3.8) is 0 Å². The standard InChI is InChI=1S/C24H30N4O2S/c1-16-8-7-10-20(17(16)2)26-23(30)15-28(3)13-12-22(29)27-24-19(14-25)18-9-5-4-6-11-21(18)31-24/h7-8,10H,4-6,9,11-13,15H2,1-3H3,(H,26,30)(H,27,29). The summed E-state index contributed by atoms with van der Waals surface area (Å²) in [6, 6.07) is 8.12. The van der Waals surface area contributed by atoms with Gasteiger partial charge in [0.1, 0.15) is 11.1 Å². The molecular weight excluding hydrogens is 408 g/mol. The van der Waals surface area contributed by atoms with Gasteiger partial charge in [-0.15, -0.1) is 11.3 Å². The van der Waals surface area contributed by atoms with Crippen molar-refractivity contribution in [3.8, 4) is 6.07 Å². The molecular formula is C24H30N4O2S. The van der Waals surface area contributed by atoms with Gasteiger partial charge in [-0.3, -0.25) is 14.5 Å². The minimum absolute atomic E-state index is 0.106. The van der Waals surface area contributed by atoms with Crippen LogP contribution in [0.3, 0.4) is 0 Å². The van der Waals surface area contributed by atoms with Crippen LogP contribution in [0.2, 0.25) is 0 Å². The highest BCUT2D eigenvalue weighted by Crippen LogP contribution is 2.37. The van der Waals surface area contributed by atoms with Crippen molar-refractivity contribution < 1.29 is 9.59 Å². The Morgan fingerprint density at radius 2 is 1.90 bits per heavy atom. The number of thiophene rings is 1. The number of aryl methyl sites for hydroxylation is 2. The van der Waals surface area contributed by atoms with Crippen LogP contribution < -0.4 is 10.6 Å². The SMILES string of the molecule is Cc1cccc(NC(=O)CN(C)CCC(=O)Nc2sc3c(c2C#N)CCCCC3)c1C. The van der Waals surface area contributed by atoms with Crippen molar-refractivity contribution in [2.75, 3.05) is 30.8 Å². The number of nitrogens with zero attached hydrogens (tertiary/aromatic N) is 2. The van der Waals surface area contributed by atoms with Crippen LogP contribution in [0.4, 0.5) is 10.7 Å². The number of nitrogens with one attached hydrogen (secondary N) is 2. The average molecular weight is 439 g/mol. The van der Waals surface area contributed by atoms with Gasteiger partial charge in [0.25, 0.3) is 0 Å². The van der Waals surface area contributed by atoms with Crippen molar-refractivity contribution in [2.24, 2.45) is 0 Å². The van der Waals surface area contributed by atoms with Gasteiger partial charge in [0, 0.05) is 23.5 Å². The zero-order chi connectivity index (χ0) is 22.4. The third kappa shape index (κ3) is 5.93. The highest BCUT2D eigenvalue weighted by Gasteiger charge is 2.21. The number of likely N-dealkylation sites (N-methyl/N-ethyl adjacent to an activating group) is 1. The van der Waals surface area contributed by atoms with Gasteiger partial charge in [-0.05, 0) is 69.3 Å². The van der Waals surface area contributed by atoms with Crippen molar-refractivity contribution in [2.45, 2.75) is 52.4 Å². The Labute approximate surface area is 188 Å². The molecule has 3 rings (SSSR count). The summed E-state index contributed by atoms with van der Waals surface area (Å²) in [5.41, 5.74) is 4.76. The Morgan fingerprint density at radius 3 is 2.68 bits per heavy atom. The number of carbonyl (C=O) groups excluding carboxylic acids is 2. The lowest BCUT2D eigenvalue weighted by Gasteiger charge is -2.17. The second-order valence-electron chi connectivity index (χ2n) is 8.21. The summed E-state index contributed by atoms with van der Waals surface area (Å²) in [4.78, 5) is 27.9. The van der Waals surface area contributed by atoms with Crippen LogP contribution in [0.5, 0.6) is 0 Å². The number of rotatable bonds is 7. The van der Waals surface area contributed by atoms with Gasteiger partial charge in [0.15, 0.2) is 0 Å². The number of amides is 2. The van der Waals surface area contributed by atoms with E-state index in [0.29, 0.717) is 17.1 Å². The normalized spacial score (nSPS) is 13.3. The van der Waals surface area contributed by atoms with E-state index >= 15 is 0 Å². The highest BCUT2D eigenvalue weighted by molar-refractivity contribution is 7.16. The van der Waals surface area contributed by atoms with Gasteiger partial charge < -0.3 is 10.6 Å². The van der Waals surface area contributed by atoms with Gasteiger partial charge in [0.2, 0.25) is 11.8 Å². The first-order valence-electron chi connectivity index (χ1n) is 10.8. The summed E-state index contributed by atoms with van der Waals surface area (Å²) < 4.78 is 0. The number of anilines is 2. The van der Waals surface area contributed by atoms with E-state index in [9.17, 15) is 14.9 Å². The molecule has 0 spiro atoms. The molecule has 1 aromatic heterocycles. The van der Waals surface area contributed by atoms with E-state index < -0.39 is 0 Å². The summed E-state index contributed by atoms with van der Waals surface area (Å²) in [5.74, 6) is -0.236. The molecule has 0 bridgehead atoms. The fourth-order valence-electron chi connectivity index (χ4n) is 3.83. The van der Waals surface area contributed by atoms with Gasteiger partial charge in [-0.1, -0.05) is 18.6 Å². The van der Waals surface area contributed by atoms with E-state index in [1.54, 1.807) is 11.3 Å². The lowest BCUT2D eigenvalue weighted by atomic mass is 10.1. The lowest BCUT2D eigenvalue weighted by Crippen LogP contribution is -2.32. The number of carbonyl (C=O) groups is 2. The molecule has 0 fully saturated rings. The first-order chi connectivity index (χ1) is 14.9. The van der Waals surface area contributed by atoms with E-state index in [0.717, 1.165) is 48.1 Å². The van der Waals surface area contributed by atoms with Gasteiger partial charge in [0.05, 0.1) is 12.1 Å². The molecule has 0 atom stereocenters. The molecule has 2 amide bonds. The van der Waals surface area contributed by atoms with Gasteiger partial charge in [-0.25, -0.2) is 0 Å². The number of nitriles is 1. The molecule has 2 N–H and O–H groups in total. The average Bonchev–Trinajstić information content (AvgIpc) is 2.89. The highest BCUT2D eigenvalue weighted by atomic mass is 32.1. The summed E-state index contributed by atoms with van der Waals surface area (Å²) in [5, 5.41) is 16.1. The number of fused-ring (bicyclic) bond motifs is 1. The molecule has 0 aliphatic heterocycles. The molecule has 0 saturated carbocycles. The summed E-state index contributed by atoms with van der Waals surface area (Å²) >= 11 is 1.54. The van der Waals surface area contributed by atoms with Crippen LogP contribution in [0.15, 0.2) is 18.2 Å². The first kappa shape index (κ1) is 23.0. The molecule has 2 aromatic rings. The maximum absolute atomic E-state index is 12.5. The van der Waals surface area contributed by atoms with Crippen molar-refractivity contribution >= 4 is 33.8 Å². The van der Waals surface area contributed by atoms with E-state index in [4.69, 9.17) is 0 Å². The minimum atomic E-state index is -0.130. The summed E-state index contributed by atoms with van der Waals surface area (Å²) in [6.45, 7) is 4.66. The van der Waals surface area contributed by atoms with Crippen LogP contribution in [0.1, 0.15) is 52.8 Å². The minimum Gasteiger partial charge on any atom is -0.325 e.